The van der Waals surface area contributed by atoms with E-state index in [4.69, 9.17) is 0 Å². The Balaban J connectivity index is 2.34. The molecule has 0 heterocycles. The van der Waals surface area contributed by atoms with E-state index in [1.165, 1.54) is 0 Å². The summed E-state index contributed by atoms with van der Waals surface area (Å²) < 4.78 is 38.3. The first-order valence-corrected chi connectivity index (χ1v) is 7.98. The fourth-order valence-corrected chi connectivity index (χ4v) is 3.80. The second-order valence-corrected chi connectivity index (χ2v) is 6.63. The van der Waals surface area contributed by atoms with Crippen LogP contribution in [0, 0.1) is 5.92 Å². The molecule has 1 aliphatic rings. The molecule has 0 unspecified atom stereocenters. The minimum atomic E-state index is -3.16. The first-order chi connectivity index (χ1) is 7.03. The number of halogens is 2. The van der Waals surface area contributed by atoms with Crippen LogP contribution in [0.1, 0.15) is 25.7 Å². The van der Waals surface area contributed by atoms with Gasteiger partial charge < -0.3 is 0 Å². The monoisotopic (exact) mass is 301 g/mol. The molecule has 0 aromatic heterocycles. The molecule has 0 radical (unpaired) electrons. The predicted molar refractivity (Wildman–Crippen MR) is 62.4 cm³/mol. The quantitative estimate of drug-likeness (QED) is 0.788. The third-order valence-corrected chi connectivity index (χ3v) is 4.60. The van der Waals surface area contributed by atoms with Crippen LogP contribution in [-0.4, -0.2) is 32.2 Å². The zero-order valence-corrected chi connectivity index (χ0v) is 11.0. The average molecular weight is 302 g/mol. The van der Waals surface area contributed by atoms with E-state index in [1.54, 1.807) is 0 Å². The minimum Gasteiger partial charge on any atom is -0.247 e. The Morgan fingerprint density at radius 3 is 2.40 bits per heavy atom. The molecule has 0 spiro atoms. The van der Waals surface area contributed by atoms with Crippen LogP contribution in [0.5, 0.6) is 0 Å². The maximum atomic E-state index is 12.8. The molecule has 0 aliphatic heterocycles. The van der Waals surface area contributed by atoms with Gasteiger partial charge in [-0.2, -0.15) is 0 Å². The van der Waals surface area contributed by atoms with E-state index in [-0.39, 0.29) is 11.7 Å². The smallest absolute Gasteiger partial charge is 0.211 e. The summed E-state index contributed by atoms with van der Waals surface area (Å²) in [6.45, 7) is 0.417. The summed E-state index contributed by atoms with van der Waals surface area (Å²) in [5, 5.41) is 0.615. The van der Waals surface area contributed by atoms with Crippen molar-refractivity contribution in [3.63, 3.8) is 0 Å². The number of alkyl halides is 2. The molecule has 1 rings (SSSR count). The van der Waals surface area contributed by atoms with E-state index in [0.717, 1.165) is 0 Å². The molecule has 0 bridgehead atoms. The molecule has 1 saturated carbocycles. The van der Waals surface area contributed by atoms with Crippen molar-refractivity contribution in [3.8, 4) is 0 Å². The van der Waals surface area contributed by atoms with Gasteiger partial charge in [-0.15, -0.1) is 0 Å². The molecule has 0 atom stereocenters. The highest BCUT2D eigenvalue weighted by Gasteiger charge is 2.24. The third-order valence-electron chi connectivity index (χ3n) is 2.65. The summed E-state index contributed by atoms with van der Waals surface area (Å²) in [5.41, 5.74) is 0. The van der Waals surface area contributed by atoms with Crippen LogP contribution >= 0.6 is 15.9 Å². The molecule has 1 fully saturated rings. The zero-order valence-electron chi connectivity index (χ0n) is 8.59. The zero-order chi connectivity index (χ0) is 11.3. The number of hydrogen-bond donors (Lipinski definition) is 1. The van der Waals surface area contributed by atoms with Crippen molar-refractivity contribution in [1.82, 2.24) is 4.72 Å². The molecule has 6 heteroatoms. The van der Waals surface area contributed by atoms with Gasteiger partial charge in [0.25, 0.3) is 0 Å². The van der Waals surface area contributed by atoms with Crippen molar-refractivity contribution >= 4 is 26.0 Å². The van der Waals surface area contributed by atoms with Crippen LogP contribution in [-0.2, 0) is 10.0 Å². The maximum absolute atomic E-state index is 12.8. The van der Waals surface area contributed by atoms with Gasteiger partial charge in [-0.3, -0.25) is 0 Å². The van der Waals surface area contributed by atoms with Gasteiger partial charge in [0.05, 0.1) is 5.75 Å². The van der Waals surface area contributed by atoms with Crippen LogP contribution in [0.15, 0.2) is 0 Å². The highest BCUT2D eigenvalue weighted by molar-refractivity contribution is 9.09. The lowest BCUT2D eigenvalue weighted by molar-refractivity contribution is 0.216. The number of sulfonamides is 1. The molecule has 0 aromatic carbocycles. The third kappa shape index (κ3) is 5.26. The Kier molecular flexibility index (Phi) is 5.49. The molecule has 90 valence electrons. The lowest BCUT2D eigenvalue weighted by atomic mass is 9.90. The van der Waals surface area contributed by atoms with E-state index in [9.17, 15) is 12.8 Å². The van der Waals surface area contributed by atoms with Crippen LogP contribution in [0.2, 0.25) is 0 Å². The number of rotatable bonds is 5. The van der Waals surface area contributed by atoms with Crippen molar-refractivity contribution in [2.45, 2.75) is 31.9 Å². The Morgan fingerprint density at radius 2 is 1.87 bits per heavy atom. The van der Waals surface area contributed by atoms with Crippen molar-refractivity contribution in [2.24, 2.45) is 5.92 Å². The molecule has 1 N–H and O–H groups in total. The Morgan fingerprint density at radius 1 is 1.27 bits per heavy atom. The summed E-state index contributed by atoms with van der Waals surface area (Å²) in [6, 6.07) is 0. The predicted octanol–water partition coefficient (Wildman–Crippen LogP) is 1.83. The van der Waals surface area contributed by atoms with Gasteiger partial charge in [-0.05, 0) is 31.6 Å². The standard InChI is InChI=1S/C9H17BrFNO2S/c10-5-6-12-15(13,14)7-8-1-3-9(11)4-2-8/h8-9,12H,1-7H2. The molecular weight excluding hydrogens is 285 g/mol. The van der Waals surface area contributed by atoms with Crippen LogP contribution in [0.4, 0.5) is 4.39 Å². The second kappa shape index (κ2) is 6.15. The first-order valence-electron chi connectivity index (χ1n) is 5.21. The molecule has 3 nitrogen and oxygen atoms in total. The summed E-state index contributed by atoms with van der Waals surface area (Å²) in [6.07, 6.45) is 1.68. The van der Waals surface area contributed by atoms with Gasteiger partial charge >= 0.3 is 0 Å². The largest absolute Gasteiger partial charge is 0.247 e. The van der Waals surface area contributed by atoms with Gasteiger partial charge in [-0.25, -0.2) is 17.5 Å². The topological polar surface area (TPSA) is 46.2 Å². The van der Waals surface area contributed by atoms with Crippen molar-refractivity contribution in [3.05, 3.63) is 0 Å². The van der Waals surface area contributed by atoms with E-state index in [0.29, 0.717) is 37.6 Å². The van der Waals surface area contributed by atoms with Crippen molar-refractivity contribution < 1.29 is 12.8 Å². The number of nitrogens with one attached hydrogen (secondary N) is 1. The molecule has 0 aromatic rings. The van der Waals surface area contributed by atoms with Crippen LogP contribution in [0.25, 0.3) is 0 Å². The summed E-state index contributed by atoms with van der Waals surface area (Å²) in [5.74, 6) is 0.275. The van der Waals surface area contributed by atoms with E-state index >= 15 is 0 Å². The van der Waals surface area contributed by atoms with Gasteiger partial charge in [0.2, 0.25) is 10.0 Å². The minimum absolute atomic E-state index is 0.129. The van der Waals surface area contributed by atoms with Gasteiger partial charge in [0.15, 0.2) is 0 Å². The SMILES string of the molecule is O=S(=O)(CC1CCC(F)CC1)NCCBr. The van der Waals surface area contributed by atoms with Gasteiger partial charge in [0, 0.05) is 11.9 Å². The molecule has 1 aliphatic carbocycles. The lowest BCUT2D eigenvalue weighted by Crippen LogP contribution is -2.32. The van der Waals surface area contributed by atoms with Crippen molar-refractivity contribution in [2.75, 3.05) is 17.6 Å². The maximum Gasteiger partial charge on any atom is 0.211 e. The van der Waals surface area contributed by atoms with E-state index < -0.39 is 16.2 Å². The highest BCUT2D eigenvalue weighted by atomic mass is 79.9. The van der Waals surface area contributed by atoms with E-state index in [1.807, 2.05) is 0 Å². The van der Waals surface area contributed by atoms with Crippen LogP contribution < -0.4 is 4.72 Å². The fraction of sp³-hybridized carbons (Fsp3) is 1.00. The molecular formula is C9H17BrFNO2S. The summed E-state index contributed by atoms with van der Waals surface area (Å²) in [4.78, 5) is 0. The highest BCUT2D eigenvalue weighted by Crippen LogP contribution is 2.26. The lowest BCUT2D eigenvalue weighted by Gasteiger charge is -2.23. The molecule has 0 saturated heterocycles. The van der Waals surface area contributed by atoms with Crippen molar-refractivity contribution in [1.29, 1.82) is 0 Å². The Hall–Kier alpha value is 0.320. The van der Waals surface area contributed by atoms with Crippen LogP contribution in [0.3, 0.4) is 0 Å². The van der Waals surface area contributed by atoms with Gasteiger partial charge in [0.1, 0.15) is 6.17 Å². The summed E-state index contributed by atoms with van der Waals surface area (Å²) >= 11 is 3.16. The fourth-order valence-electron chi connectivity index (χ4n) is 1.85. The number of hydrogen-bond acceptors (Lipinski definition) is 2. The normalized spacial score (nSPS) is 27.9. The average Bonchev–Trinajstić information content (AvgIpc) is 2.18. The van der Waals surface area contributed by atoms with E-state index in [2.05, 4.69) is 20.7 Å². The molecule has 15 heavy (non-hydrogen) atoms. The van der Waals surface area contributed by atoms with Gasteiger partial charge in [-0.1, -0.05) is 15.9 Å². The Bertz CT molecular complexity index is 276. The molecule has 0 amide bonds. The summed E-state index contributed by atoms with van der Waals surface area (Å²) in [7, 11) is -3.16. The Labute approximate surface area is 99.0 Å². The second-order valence-electron chi connectivity index (χ2n) is 3.98. The first kappa shape index (κ1) is 13.4.